The smallest absolute Gasteiger partial charge is 0.417 e. The molecule has 4 saturated heterocycles. The van der Waals surface area contributed by atoms with E-state index in [0.29, 0.717) is 152 Å². The number of morpholine rings is 2. The van der Waals surface area contributed by atoms with Gasteiger partial charge in [-0.1, -0.05) is 25.4 Å². The fourth-order valence-corrected chi connectivity index (χ4v) is 9.80. The lowest BCUT2D eigenvalue weighted by molar-refractivity contribution is -0.137. The van der Waals surface area contributed by atoms with E-state index < -0.39 is 45.5 Å². The summed E-state index contributed by atoms with van der Waals surface area (Å²) in [5.41, 5.74) is -0.478. The molecule has 4 fully saturated rings. The number of aryl methyl sites for hydroxylation is 2. The molecular formula is C50H69ClF3N15O9. The van der Waals surface area contributed by atoms with Crippen LogP contribution in [-0.4, -0.2) is 183 Å². The van der Waals surface area contributed by atoms with Crippen molar-refractivity contribution in [1.29, 1.82) is 0 Å². The maximum absolute atomic E-state index is 14.1. The zero-order valence-corrected chi connectivity index (χ0v) is 46.3. The van der Waals surface area contributed by atoms with Crippen molar-refractivity contribution >= 4 is 70.2 Å². The second kappa shape index (κ2) is 23.2. The number of hydrogen-bond acceptors (Lipinski definition) is 17. The Bertz CT molecular complexity index is 3120. The van der Waals surface area contributed by atoms with Crippen molar-refractivity contribution in [3.63, 3.8) is 0 Å². The molecule has 0 atom stereocenters. The largest absolute Gasteiger partial charge is 0.444 e. The summed E-state index contributed by atoms with van der Waals surface area (Å²) >= 11 is 5.85. The van der Waals surface area contributed by atoms with Gasteiger partial charge in [-0.05, 0) is 79.0 Å². The first-order valence-corrected chi connectivity index (χ1v) is 26.5. The van der Waals surface area contributed by atoms with E-state index in [4.69, 9.17) is 30.5 Å². The van der Waals surface area contributed by atoms with Gasteiger partial charge in [0.1, 0.15) is 29.1 Å². The Morgan fingerprint density at radius 3 is 1.76 bits per heavy atom. The molecule has 426 valence electrons. The average Bonchev–Trinajstić information content (AvgIpc) is 4.26. The number of hydrogen-bond donors (Lipinski definition) is 2. The summed E-state index contributed by atoms with van der Waals surface area (Å²) in [6.45, 7) is 23.8. The number of anilines is 5. The number of halogens is 4. The van der Waals surface area contributed by atoms with E-state index in [9.17, 15) is 37.1 Å². The molecule has 0 unspecified atom stereocenters. The number of piperazine rings is 2. The molecule has 9 rings (SSSR count). The first kappa shape index (κ1) is 57.3. The zero-order chi connectivity index (χ0) is 56.4. The number of carbonyl (C=O) groups is 3. The highest BCUT2D eigenvalue weighted by molar-refractivity contribution is 6.31. The number of rotatable bonds is 9. The predicted molar refractivity (Wildman–Crippen MR) is 286 cm³/mol. The maximum Gasteiger partial charge on any atom is 0.417 e. The number of ether oxygens (including phenoxy) is 4. The second-order valence-corrected chi connectivity index (χ2v) is 21.6. The van der Waals surface area contributed by atoms with E-state index in [-0.39, 0.29) is 35.6 Å². The number of carbonyl (C=O) groups excluding carboxylic acids is 3. The molecule has 0 radical (unpaired) electrons. The maximum atomic E-state index is 14.1. The average molecular weight is 1120 g/mol. The number of nitrogens with zero attached hydrogens (tertiary/aromatic N) is 13. The molecule has 5 aromatic rings. The lowest BCUT2D eigenvalue weighted by atomic mass is 10.1. The molecule has 8 heterocycles. The monoisotopic (exact) mass is 1120 g/mol. The highest BCUT2D eigenvalue weighted by Gasteiger charge is 2.36. The SMILES string of the molecule is CCc1c(N2CCN(C(=O)OC(C)(C)C)CC2)c(=O)n2nc(N3CCOCC3)nc2n1CC(=O)Nc1cc(C(F)(F)F)c(Cl)cc1C.CCc1nc2nc(N3CCOCC3)[nH]n2c(=O)c1N1CCN(C(=O)OC(C)(C)C)CC1. The van der Waals surface area contributed by atoms with Gasteiger partial charge in [0.2, 0.25) is 23.6 Å². The highest BCUT2D eigenvalue weighted by atomic mass is 35.5. The van der Waals surface area contributed by atoms with E-state index in [1.165, 1.54) is 4.52 Å². The van der Waals surface area contributed by atoms with Crippen LogP contribution in [0.15, 0.2) is 21.7 Å². The molecule has 1 aromatic carbocycles. The molecule has 24 nitrogen and oxygen atoms in total. The van der Waals surface area contributed by atoms with Crippen LogP contribution in [0.2, 0.25) is 5.02 Å². The summed E-state index contributed by atoms with van der Waals surface area (Å²) < 4.78 is 66.7. The standard InChI is InChI=1S/C30H38ClF3N8O5.C20H31N7O4/c1-6-22-24(38-7-9-40(10-8-38)28(45)47-29(3,4)5)25(44)42-27(36-26(37-42)39-11-13-46-14-12-39)41(22)17-23(43)35-21-16-19(30(32,33)34)20(31)15-18(21)2;1-5-14-15(24-6-8-26(9-7-24)19(29)31-20(2,3)4)16(28)27-17(21-14)22-18(23-27)25-10-12-30-13-11-25/h15-16H,6-14,17H2,1-5H3,(H,35,43);5-13H2,1-4H3,(H,21,22,23). The van der Waals surface area contributed by atoms with Gasteiger partial charge in [0.05, 0.1) is 48.4 Å². The van der Waals surface area contributed by atoms with E-state index in [0.717, 1.165) is 22.3 Å². The van der Waals surface area contributed by atoms with Gasteiger partial charge >= 0.3 is 18.4 Å². The number of H-pyrrole nitrogens is 1. The quantitative estimate of drug-likeness (QED) is 0.201. The third-order valence-electron chi connectivity index (χ3n) is 13.3. The molecule has 4 aliphatic rings. The van der Waals surface area contributed by atoms with E-state index in [2.05, 4.69) is 35.4 Å². The Morgan fingerprint density at radius 1 is 0.705 bits per heavy atom. The van der Waals surface area contributed by atoms with Gasteiger partial charge in [0.25, 0.3) is 16.9 Å². The molecule has 28 heteroatoms. The Balaban J connectivity index is 0.000000224. The summed E-state index contributed by atoms with van der Waals surface area (Å²) in [6, 6.07) is 1.96. The summed E-state index contributed by atoms with van der Waals surface area (Å²) in [5.74, 6) is 0.766. The molecule has 0 spiro atoms. The number of nitrogens with one attached hydrogen (secondary N) is 2. The van der Waals surface area contributed by atoms with Crippen molar-refractivity contribution in [3.8, 4) is 0 Å². The zero-order valence-electron chi connectivity index (χ0n) is 45.6. The van der Waals surface area contributed by atoms with Crippen LogP contribution < -0.4 is 36.0 Å². The summed E-state index contributed by atoms with van der Waals surface area (Å²) in [5, 5.41) is 9.74. The molecule has 4 aromatic heterocycles. The molecule has 0 bridgehead atoms. The lowest BCUT2D eigenvalue weighted by Crippen LogP contribution is -2.51. The van der Waals surface area contributed by atoms with Gasteiger partial charge in [-0.2, -0.15) is 32.2 Å². The van der Waals surface area contributed by atoms with Gasteiger partial charge in [-0.3, -0.25) is 19.5 Å². The molecule has 0 aliphatic carbocycles. The van der Waals surface area contributed by atoms with Gasteiger partial charge in [0.15, 0.2) is 0 Å². The van der Waals surface area contributed by atoms with Crippen LogP contribution in [0.4, 0.5) is 51.7 Å². The van der Waals surface area contributed by atoms with Gasteiger partial charge in [-0.15, -0.1) is 5.10 Å². The van der Waals surface area contributed by atoms with Crippen molar-refractivity contribution in [3.05, 3.63) is 60.4 Å². The van der Waals surface area contributed by atoms with E-state index >= 15 is 0 Å². The van der Waals surface area contributed by atoms with Crippen molar-refractivity contribution in [2.24, 2.45) is 0 Å². The Hall–Kier alpha value is -6.87. The summed E-state index contributed by atoms with van der Waals surface area (Å²) in [4.78, 5) is 90.9. The Labute approximate surface area is 453 Å². The minimum atomic E-state index is -4.72. The van der Waals surface area contributed by atoms with Gasteiger partial charge in [0, 0.05) is 84.2 Å². The van der Waals surface area contributed by atoms with Crippen LogP contribution in [0.3, 0.4) is 0 Å². The molecular weight excluding hydrogens is 1050 g/mol. The summed E-state index contributed by atoms with van der Waals surface area (Å²) in [7, 11) is 0. The minimum Gasteiger partial charge on any atom is -0.444 e. The number of amides is 3. The molecule has 3 amide bonds. The summed E-state index contributed by atoms with van der Waals surface area (Å²) in [6.07, 6.45) is -4.55. The predicted octanol–water partition coefficient (Wildman–Crippen LogP) is 4.84. The van der Waals surface area contributed by atoms with Crippen LogP contribution in [0.1, 0.15) is 77.9 Å². The van der Waals surface area contributed by atoms with Crippen molar-refractivity contribution in [2.45, 2.75) is 99.1 Å². The number of aromatic amines is 1. The van der Waals surface area contributed by atoms with Crippen molar-refractivity contribution < 1.29 is 46.5 Å². The number of alkyl halides is 3. The molecule has 4 aliphatic heterocycles. The van der Waals surface area contributed by atoms with Crippen LogP contribution in [0, 0.1) is 6.92 Å². The first-order chi connectivity index (χ1) is 36.8. The second-order valence-electron chi connectivity index (χ2n) is 21.2. The molecule has 78 heavy (non-hydrogen) atoms. The molecule has 2 N–H and O–H groups in total. The lowest BCUT2D eigenvalue weighted by Gasteiger charge is -2.37. The van der Waals surface area contributed by atoms with Crippen LogP contribution in [-0.2, 0) is 49.3 Å². The molecule has 0 saturated carbocycles. The van der Waals surface area contributed by atoms with Gasteiger partial charge in [-0.25, -0.2) is 14.6 Å². The minimum absolute atomic E-state index is 0.0456. The topological polar surface area (TPSA) is 235 Å². The third-order valence-corrected chi connectivity index (χ3v) is 13.6. The third kappa shape index (κ3) is 13.0. The van der Waals surface area contributed by atoms with Crippen LogP contribution in [0.25, 0.3) is 11.6 Å². The number of fused-ring (bicyclic) bond motifs is 2. The van der Waals surface area contributed by atoms with Crippen LogP contribution >= 0.6 is 11.6 Å². The number of aromatic nitrogens is 8. The van der Waals surface area contributed by atoms with E-state index in [1.54, 1.807) is 42.1 Å². The first-order valence-electron chi connectivity index (χ1n) is 26.2. The fraction of sp³-hybridized carbons (Fsp3) is 0.620. The van der Waals surface area contributed by atoms with Crippen molar-refractivity contribution in [1.82, 2.24) is 48.5 Å². The van der Waals surface area contributed by atoms with E-state index in [1.807, 2.05) is 49.3 Å². The van der Waals surface area contributed by atoms with Crippen LogP contribution in [0.5, 0.6) is 0 Å². The highest BCUT2D eigenvalue weighted by Crippen LogP contribution is 2.38. The Morgan fingerprint density at radius 2 is 1.24 bits per heavy atom. The fourth-order valence-electron chi connectivity index (χ4n) is 9.47. The van der Waals surface area contributed by atoms with Crippen molar-refractivity contribution in [2.75, 3.05) is 130 Å². The van der Waals surface area contributed by atoms with Gasteiger partial charge < -0.3 is 58.2 Å². The normalized spacial score (nSPS) is 16.9. The number of benzene rings is 1. The Kier molecular flexibility index (Phi) is 17.1.